The van der Waals surface area contributed by atoms with Crippen LogP contribution < -0.4 is 0 Å². The molecule has 6 rings (SSSR count). The molecular weight excluding hydrogens is 364 g/mol. The van der Waals surface area contributed by atoms with Crippen molar-refractivity contribution in [1.29, 1.82) is 0 Å². The number of halogens is 1. The van der Waals surface area contributed by atoms with Crippen molar-refractivity contribution in [2.24, 2.45) is 0 Å². The lowest BCUT2D eigenvalue weighted by Gasteiger charge is -2.03. The van der Waals surface area contributed by atoms with Crippen LogP contribution in [0.5, 0.6) is 0 Å². The van der Waals surface area contributed by atoms with E-state index < -0.39 is 0 Å². The summed E-state index contributed by atoms with van der Waals surface area (Å²) in [6.45, 7) is 0. The van der Waals surface area contributed by atoms with Crippen LogP contribution in [0.3, 0.4) is 0 Å². The number of fused-ring (bicyclic) bond motifs is 7. The average molecular weight is 373 g/mol. The maximum absolute atomic E-state index is 6.34. The van der Waals surface area contributed by atoms with Crippen LogP contribution >= 0.6 is 11.6 Å². The van der Waals surface area contributed by atoms with Gasteiger partial charge >= 0.3 is 0 Å². The monoisotopic (exact) mass is 372 g/mol. The Morgan fingerprint density at radius 2 is 1.44 bits per heavy atom. The maximum Gasteiger partial charge on any atom is 0.272 e. The Bertz CT molecular complexity index is 1500. The fraction of sp³-hybridized carbons (Fsp3) is 0. The summed E-state index contributed by atoms with van der Waals surface area (Å²) in [7, 11) is 0. The van der Waals surface area contributed by atoms with Crippen molar-refractivity contribution in [3.63, 3.8) is 0 Å². The first-order valence-corrected chi connectivity index (χ1v) is 8.58. The van der Waals surface area contributed by atoms with Crippen LogP contribution in [0.25, 0.3) is 44.3 Å². The number of rotatable bonds is 1. The van der Waals surface area contributed by atoms with Gasteiger partial charge in [0.25, 0.3) is 5.78 Å². The Hall–Kier alpha value is -3.65. The van der Waals surface area contributed by atoms with Crippen molar-refractivity contribution in [1.82, 2.24) is 39.8 Å². The van der Waals surface area contributed by atoms with Crippen LogP contribution in [0, 0.1) is 0 Å². The molecule has 0 saturated heterocycles. The minimum absolute atomic E-state index is 0.436. The second-order valence-corrected chi connectivity index (χ2v) is 6.48. The number of para-hydroxylation sites is 1. The fourth-order valence-corrected chi connectivity index (χ4v) is 3.50. The summed E-state index contributed by atoms with van der Waals surface area (Å²) >= 11 is 6.34. The second kappa shape index (κ2) is 5.18. The fourth-order valence-electron chi connectivity index (χ4n) is 3.29. The van der Waals surface area contributed by atoms with Gasteiger partial charge in [0.1, 0.15) is 34.1 Å². The largest absolute Gasteiger partial charge is 0.272 e. The predicted octanol–water partition coefficient (Wildman–Crippen LogP) is 3.21. The lowest BCUT2D eigenvalue weighted by atomic mass is 10.1. The van der Waals surface area contributed by atoms with E-state index in [1.807, 2.05) is 48.5 Å². The Kier molecular flexibility index (Phi) is 2.78. The van der Waals surface area contributed by atoms with Crippen LogP contribution in [0.4, 0.5) is 0 Å². The molecular formula is C18H9ClN8. The molecule has 6 aromatic rings. The molecule has 0 aliphatic rings. The summed E-state index contributed by atoms with van der Waals surface area (Å²) < 4.78 is 1.53. The summed E-state index contributed by atoms with van der Waals surface area (Å²) in [5, 5.41) is 24.3. The third kappa shape index (κ3) is 1.98. The molecule has 3 heterocycles. The summed E-state index contributed by atoms with van der Waals surface area (Å²) in [5.74, 6) is 0.436. The average Bonchev–Trinajstić information content (AvgIpc) is 3.34. The first-order chi connectivity index (χ1) is 13.3. The van der Waals surface area contributed by atoms with Crippen molar-refractivity contribution < 1.29 is 0 Å². The van der Waals surface area contributed by atoms with E-state index in [1.54, 1.807) is 0 Å². The van der Waals surface area contributed by atoms with Gasteiger partial charge in [-0.05, 0) is 12.1 Å². The first kappa shape index (κ1) is 14.5. The normalized spacial score (nSPS) is 11.9. The molecule has 0 aliphatic carbocycles. The van der Waals surface area contributed by atoms with Crippen molar-refractivity contribution in [3.8, 4) is 5.69 Å². The summed E-state index contributed by atoms with van der Waals surface area (Å²) in [5.41, 5.74) is 3.43. The molecule has 0 aliphatic heterocycles. The molecule has 27 heavy (non-hydrogen) atoms. The third-order valence-electron chi connectivity index (χ3n) is 4.50. The Morgan fingerprint density at radius 3 is 2.30 bits per heavy atom. The van der Waals surface area contributed by atoms with Gasteiger partial charge in [0.2, 0.25) is 0 Å². The zero-order valence-electron chi connectivity index (χ0n) is 13.7. The van der Waals surface area contributed by atoms with Gasteiger partial charge in [0, 0.05) is 10.8 Å². The molecule has 9 heteroatoms. The Balaban J connectivity index is 1.83. The van der Waals surface area contributed by atoms with Gasteiger partial charge in [0.05, 0.1) is 5.02 Å². The molecule has 0 bridgehead atoms. The lowest BCUT2D eigenvalue weighted by Crippen LogP contribution is -1.99. The summed E-state index contributed by atoms with van der Waals surface area (Å²) in [6.07, 6.45) is 1.52. The molecule has 0 spiro atoms. The van der Waals surface area contributed by atoms with Crippen molar-refractivity contribution in [3.05, 3.63) is 59.9 Å². The summed E-state index contributed by atoms with van der Waals surface area (Å²) in [6, 6.07) is 15.4. The van der Waals surface area contributed by atoms with E-state index in [1.165, 1.54) is 15.6 Å². The molecule has 0 N–H and O–H groups in total. The smallest absolute Gasteiger partial charge is 0.207 e. The van der Waals surface area contributed by atoms with Crippen LogP contribution in [0.1, 0.15) is 0 Å². The quantitative estimate of drug-likeness (QED) is 0.412. The van der Waals surface area contributed by atoms with Crippen LogP contribution in [-0.4, -0.2) is 39.8 Å². The molecule has 3 aromatic carbocycles. The zero-order chi connectivity index (χ0) is 18.0. The van der Waals surface area contributed by atoms with Gasteiger partial charge in [-0.15, -0.1) is 25.2 Å². The standard InChI is InChI=1S/C18H9ClN8/c19-12-7-3-4-8-13(12)27-24-15-11-6-2-1-5-10(11)14-16(17(15)25-27)23-26-9-20-22-18(26)21-14/h1-9H. The maximum atomic E-state index is 6.34. The Morgan fingerprint density at radius 1 is 0.741 bits per heavy atom. The number of aromatic nitrogens is 8. The molecule has 0 atom stereocenters. The number of nitrogens with zero attached hydrogens (tertiary/aromatic N) is 8. The van der Waals surface area contributed by atoms with Crippen molar-refractivity contribution in [2.75, 3.05) is 0 Å². The van der Waals surface area contributed by atoms with E-state index in [0.29, 0.717) is 33.0 Å². The molecule has 0 unspecified atom stereocenters. The van der Waals surface area contributed by atoms with Crippen molar-refractivity contribution in [2.45, 2.75) is 0 Å². The minimum atomic E-state index is 0.436. The third-order valence-corrected chi connectivity index (χ3v) is 4.82. The Labute approximate surface area is 156 Å². The molecule has 0 saturated carbocycles. The van der Waals surface area contributed by atoms with Crippen LogP contribution in [-0.2, 0) is 0 Å². The van der Waals surface area contributed by atoms with Crippen molar-refractivity contribution >= 4 is 50.2 Å². The number of hydrogen-bond acceptors (Lipinski definition) is 6. The van der Waals surface area contributed by atoms with Gasteiger partial charge in [-0.25, -0.2) is 4.98 Å². The van der Waals surface area contributed by atoms with E-state index in [0.717, 1.165) is 16.3 Å². The lowest BCUT2D eigenvalue weighted by molar-refractivity contribution is 0.766. The molecule has 0 fully saturated rings. The highest BCUT2D eigenvalue weighted by Crippen LogP contribution is 2.31. The number of benzene rings is 3. The number of hydrogen-bond donors (Lipinski definition) is 0. The SMILES string of the molecule is Clc1ccccc1-n1nc2c3ccccc3c3nc4nncn4nc3c2n1. The van der Waals surface area contributed by atoms with Gasteiger partial charge in [-0.3, -0.25) is 0 Å². The molecule has 0 radical (unpaired) electrons. The molecule has 3 aromatic heterocycles. The van der Waals surface area contributed by atoms with Gasteiger partial charge in [-0.2, -0.15) is 9.61 Å². The van der Waals surface area contributed by atoms with E-state index in [4.69, 9.17) is 16.7 Å². The summed E-state index contributed by atoms with van der Waals surface area (Å²) in [4.78, 5) is 6.18. The first-order valence-electron chi connectivity index (χ1n) is 8.20. The van der Waals surface area contributed by atoms with E-state index in [9.17, 15) is 0 Å². The van der Waals surface area contributed by atoms with E-state index >= 15 is 0 Å². The van der Waals surface area contributed by atoms with Crippen LogP contribution in [0.15, 0.2) is 54.9 Å². The van der Waals surface area contributed by atoms with E-state index in [-0.39, 0.29) is 0 Å². The highest BCUT2D eigenvalue weighted by atomic mass is 35.5. The van der Waals surface area contributed by atoms with Gasteiger partial charge in [-0.1, -0.05) is 48.0 Å². The minimum Gasteiger partial charge on any atom is -0.207 e. The molecule has 128 valence electrons. The molecule has 8 nitrogen and oxygen atoms in total. The highest BCUT2D eigenvalue weighted by molar-refractivity contribution is 6.32. The highest BCUT2D eigenvalue weighted by Gasteiger charge is 2.18. The second-order valence-electron chi connectivity index (χ2n) is 6.07. The van der Waals surface area contributed by atoms with Crippen LogP contribution in [0.2, 0.25) is 5.02 Å². The van der Waals surface area contributed by atoms with Gasteiger partial charge in [0.15, 0.2) is 0 Å². The van der Waals surface area contributed by atoms with E-state index in [2.05, 4.69) is 25.4 Å². The topological polar surface area (TPSA) is 86.7 Å². The predicted molar refractivity (Wildman–Crippen MR) is 101 cm³/mol. The zero-order valence-corrected chi connectivity index (χ0v) is 14.4. The van der Waals surface area contributed by atoms with Gasteiger partial charge < -0.3 is 0 Å². The molecule has 0 amide bonds.